The Bertz CT molecular complexity index is 1370. The minimum atomic E-state index is -0.766. The Morgan fingerprint density at radius 2 is 2.00 bits per heavy atom. The van der Waals surface area contributed by atoms with Crippen molar-refractivity contribution in [1.29, 1.82) is 0 Å². The normalized spacial score (nSPS) is 19.9. The van der Waals surface area contributed by atoms with Crippen molar-refractivity contribution >= 4 is 28.5 Å². The van der Waals surface area contributed by atoms with Gasteiger partial charge in [0.2, 0.25) is 0 Å². The number of anilines is 3. The standard InChI is InChI=1S/C24H25N9O/c1-24(25)19-14-27-21(29-20-4-2-3-7-26-20)12-17(19)18(13-28-24)23-30-22-6-5-16(15-33(22)31-23)32-8-10-34-11-9-32/h2-7,12-15,28H,8-11,25H2,1H3,(H,26,27,29). The maximum atomic E-state index is 6.52. The second-order valence-corrected chi connectivity index (χ2v) is 8.58. The highest BCUT2D eigenvalue weighted by Crippen LogP contribution is 2.34. The molecule has 0 aliphatic carbocycles. The van der Waals surface area contributed by atoms with E-state index in [2.05, 4.69) is 31.6 Å². The van der Waals surface area contributed by atoms with E-state index in [9.17, 15) is 0 Å². The monoisotopic (exact) mass is 455 g/mol. The molecular formula is C24H25N9O. The molecule has 34 heavy (non-hydrogen) atoms. The maximum absolute atomic E-state index is 6.52. The molecule has 4 aromatic heterocycles. The number of pyridine rings is 3. The smallest absolute Gasteiger partial charge is 0.184 e. The lowest BCUT2D eigenvalue weighted by Crippen LogP contribution is -2.47. The van der Waals surface area contributed by atoms with Gasteiger partial charge in [-0.3, -0.25) is 0 Å². The highest BCUT2D eigenvalue weighted by molar-refractivity contribution is 5.82. The van der Waals surface area contributed by atoms with Crippen LogP contribution < -0.4 is 21.3 Å². The number of fused-ring (bicyclic) bond motifs is 2. The first-order chi connectivity index (χ1) is 16.6. The number of hydrogen-bond donors (Lipinski definition) is 3. The number of nitrogens with two attached hydrogens (primary N) is 1. The lowest BCUT2D eigenvalue weighted by atomic mass is 9.90. The minimum Gasteiger partial charge on any atom is -0.378 e. The summed E-state index contributed by atoms with van der Waals surface area (Å²) >= 11 is 0. The summed E-state index contributed by atoms with van der Waals surface area (Å²) in [5.74, 6) is 1.99. The fourth-order valence-electron chi connectivity index (χ4n) is 4.29. The zero-order chi connectivity index (χ0) is 23.1. The Hall–Kier alpha value is -4.02. The van der Waals surface area contributed by atoms with Gasteiger partial charge in [0.05, 0.1) is 25.1 Å². The summed E-state index contributed by atoms with van der Waals surface area (Å²) in [7, 11) is 0. The van der Waals surface area contributed by atoms with Crippen molar-refractivity contribution in [2.75, 3.05) is 36.5 Å². The average Bonchev–Trinajstić information content (AvgIpc) is 3.28. The Balaban J connectivity index is 1.38. The molecule has 6 rings (SSSR count). The number of aromatic nitrogens is 5. The number of hydrogen-bond acceptors (Lipinski definition) is 9. The number of nitrogens with zero attached hydrogens (tertiary/aromatic N) is 6. The quantitative estimate of drug-likeness (QED) is 0.426. The van der Waals surface area contributed by atoms with Crippen LogP contribution in [0.3, 0.4) is 0 Å². The molecule has 0 aromatic carbocycles. The van der Waals surface area contributed by atoms with Crippen LogP contribution in [0, 0.1) is 0 Å². The van der Waals surface area contributed by atoms with Gasteiger partial charge in [-0.2, -0.15) is 0 Å². The molecule has 10 heteroatoms. The van der Waals surface area contributed by atoms with E-state index < -0.39 is 5.66 Å². The fraction of sp³-hybridized carbons (Fsp3) is 0.250. The van der Waals surface area contributed by atoms with Crippen LogP contribution in [0.25, 0.3) is 11.2 Å². The number of nitrogens with one attached hydrogen (secondary N) is 2. The van der Waals surface area contributed by atoms with Crippen molar-refractivity contribution in [1.82, 2.24) is 29.9 Å². The van der Waals surface area contributed by atoms with Gasteiger partial charge in [0.1, 0.15) is 17.3 Å². The molecule has 2 aliphatic rings. The van der Waals surface area contributed by atoms with E-state index in [1.54, 1.807) is 12.4 Å². The Labute approximate surface area is 196 Å². The van der Waals surface area contributed by atoms with Crippen LogP contribution in [0.5, 0.6) is 0 Å². The summed E-state index contributed by atoms with van der Waals surface area (Å²) in [5, 5.41) is 11.3. The molecule has 4 N–H and O–H groups in total. The first-order valence-electron chi connectivity index (χ1n) is 11.2. The van der Waals surface area contributed by atoms with E-state index in [0.29, 0.717) is 17.5 Å². The van der Waals surface area contributed by atoms with E-state index in [0.717, 1.165) is 54.3 Å². The summed E-state index contributed by atoms with van der Waals surface area (Å²) in [6.07, 6.45) is 7.42. The molecule has 1 unspecified atom stereocenters. The van der Waals surface area contributed by atoms with Crippen LogP contribution in [-0.4, -0.2) is 50.9 Å². The highest BCUT2D eigenvalue weighted by Gasteiger charge is 2.31. The molecular weight excluding hydrogens is 430 g/mol. The van der Waals surface area contributed by atoms with Crippen LogP contribution in [0.1, 0.15) is 23.9 Å². The number of morpholine rings is 1. The summed E-state index contributed by atoms with van der Waals surface area (Å²) in [5.41, 5.74) is 10.3. The average molecular weight is 456 g/mol. The first kappa shape index (κ1) is 20.6. The molecule has 0 amide bonds. The molecule has 10 nitrogen and oxygen atoms in total. The van der Waals surface area contributed by atoms with Crippen LogP contribution in [0.4, 0.5) is 17.3 Å². The van der Waals surface area contributed by atoms with Crippen molar-refractivity contribution in [3.8, 4) is 0 Å². The van der Waals surface area contributed by atoms with Crippen LogP contribution in [0.2, 0.25) is 0 Å². The van der Waals surface area contributed by atoms with Crippen molar-refractivity contribution in [2.24, 2.45) is 5.73 Å². The molecule has 4 aromatic rings. The second kappa shape index (κ2) is 8.08. The lowest BCUT2D eigenvalue weighted by molar-refractivity contribution is 0.122. The summed E-state index contributed by atoms with van der Waals surface area (Å²) < 4.78 is 7.30. The van der Waals surface area contributed by atoms with Crippen molar-refractivity contribution in [3.63, 3.8) is 0 Å². The van der Waals surface area contributed by atoms with Gasteiger partial charge >= 0.3 is 0 Å². The third-order valence-corrected chi connectivity index (χ3v) is 6.12. The number of ether oxygens (including phenoxy) is 1. The summed E-state index contributed by atoms with van der Waals surface area (Å²) in [4.78, 5) is 16.0. The predicted octanol–water partition coefficient (Wildman–Crippen LogP) is 2.22. The molecule has 1 atom stereocenters. The van der Waals surface area contributed by atoms with E-state index in [4.69, 9.17) is 20.6 Å². The molecule has 0 bridgehead atoms. The number of rotatable bonds is 4. The Morgan fingerprint density at radius 1 is 1.12 bits per heavy atom. The molecule has 2 aliphatic heterocycles. The molecule has 0 radical (unpaired) electrons. The minimum absolute atomic E-state index is 0.610. The van der Waals surface area contributed by atoms with E-state index >= 15 is 0 Å². The van der Waals surface area contributed by atoms with Gasteiger partial charge in [-0.05, 0) is 42.8 Å². The van der Waals surface area contributed by atoms with Gasteiger partial charge in [0.15, 0.2) is 11.5 Å². The molecule has 172 valence electrons. The Morgan fingerprint density at radius 3 is 2.82 bits per heavy atom. The van der Waals surface area contributed by atoms with Gasteiger partial charge in [-0.25, -0.2) is 19.5 Å². The van der Waals surface area contributed by atoms with E-state index in [1.165, 1.54) is 0 Å². The van der Waals surface area contributed by atoms with Crippen molar-refractivity contribution < 1.29 is 4.74 Å². The van der Waals surface area contributed by atoms with Gasteiger partial charge in [-0.1, -0.05) is 6.07 Å². The van der Waals surface area contributed by atoms with Crippen LogP contribution in [0.15, 0.2) is 61.2 Å². The van der Waals surface area contributed by atoms with Gasteiger partial charge in [-0.15, -0.1) is 5.10 Å². The topological polar surface area (TPSA) is 119 Å². The summed E-state index contributed by atoms with van der Waals surface area (Å²) in [6, 6.07) is 11.7. The van der Waals surface area contributed by atoms with E-state index in [1.807, 2.05) is 54.2 Å². The van der Waals surface area contributed by atoms with Crippen molar-refractivity contribution in [3.05, 3.63) is 78.1 Å². The Kier molecular flexibility index (Phi) is 4.89. The van der Waals surface area contributed by atoms with Crippen LogP contribution in [-0.2, 0) is 10.4 Å². The van der Waals surface area contributed by atoms with Gasteiger partial charge < -0.3 is 26.0 Å². The third-order valence-electron chi connectivity index (χ3n) is 6.12. The zero-order valence-electron chi connectivity index (χ0n) is 18.8. The highest BCUT2D eigenvalue weighted by atomic mass is 16.5. The molecule has 0 spiro atoms. The predicted molar refractivity (Wildman–Crippen MR) is 130 cm³/mol. The molecule has 0 saturated carbocycles. The SMILES string of the molecule is CC1(N)NC=C(c2nc3ccc(N4CCOCC4)cn3n2)c2cc(Nc3ccccn3)ncc21. The molecule has 1 saturated heterocycles. The summed E-state index contributed by atoms with van der Waals surface area (Å²) in [6.45, 7) is 5.11. The molecule has 6 heterocycles. The van der Waals surface area contributed by atoms with Crippen LogP contribution >= 0.6 is 0 Å². The third kappa shape index (κ3) is 3.72. The lowest BCUT2D eigenvalue weighted by Gasteiger charge is -2.32. The largest absolute Gasteiger partial charge is 0.378 e. The second-order valence-electron chi connectivity index (χ2n) is 8.58. The maximum Gasteiger partial charge on any atom is 0.184 e. The van der Waals surface area contributed by atoms with Gasteiger partial charge in [0.25, 0.3) is 0 Å². The van der Waals surface area contributed by atoms with E-state index in [-0.39, 0.29) is 0 Å². The van der Waals surface area contributed by atoms with Crippen molar-refractivity contribution in [2.45, 2.75) is 12.6 Å². The molecule has 1 fully saturated rings. The van der Waals surface area contributed by atoms with Gasteiger partial charge in [0, 0.05) is 42.8 Å². The fourth-order valence-corrected chi connectivity index (χ4v) is 4.29. The first-order valence-corrected chi connectivity index (χ1v) is 11.2. The zero-order valence-corrected chi connectivity index (χ0v) is 18.8.